The van der Waals surface area contributed by atoms with Crippen LogP contribution in [0.15, 0.2) is 82.7 Å². The predicted octanol–water partition coefficient (Wildman–Crippen LogP) is 4.49. The highest BCUT2D eigenvalue weighted by atomic mass is 32.2. The van der Waals surface area contributed by atoms with Crippen LogP contribution < -0.4 is 10.2 Å². The number of imidazole rings is 1. The number of nitrogens with one attached hydrogen (secondary N) is 2. The van der Waals surface area contributed by atoms with Gasteiger partial charge >= 0.3 is 0 Å². The maximum absolute atomic E-state index is 13.1. The van der Waals surface area contributed by atoms with Gasteiger partial charge in [0, 0.05) is 7.05 Å². The van der Waals surface area contributed by atoms with Gasteiger partial charge in [-0.15, -0.1) is 0 Å². The van der Waals surface area contributed by atoms with E-state index in [1.807, 2.05) is 0 Å². The lowest BCUT2D eigenvalue weighted by molar-refractivity contribution is -0.115. The minimum Gasteiger partial charge on any atom is -0.467 e. The predicted molar refractivity (Wildman–Crippen MR) is 124 cm³/mol. The first kappa shape index (κ1) is 22.3. The van der Waals surface area contributed by atoms with E-state index in [1.165, 1.54) is 28.8 Å². The van der Waals surface area contributed by atoms with Crippen LogP contribution >= 0.6 is 11.8 Å². The third-order valence-electron chi connectivity index (χ3n) is 4.93. The molecule has 0 aliphatic heterocycles. The van der Waals surface area contributed by atoms with E-state index in [2.05, 4.69) is 15.3 Å². The van der Waals surface area contributed by atoms with Gasteiger partial charge in [-0.25, -0.2) is 9.37 Å². The van der Waals surface area contributed by atoms with Crippen molar-refractivity contribution in [2.45, 2.75) is 11.7 Å². The number of aromatic amines is 1. The minimum atomic E-state index is -0.309. The Balaban J connectivity index is 1.38. The van der Waals surface area contributed by atoms with Crippen molar-refractivity contribution in [3.8, 4) is 11.3 Å². The number of H-pyrrole nitrogens is 1. The molecule has 0 saturated carbocycles. The van der Waals surface area contributed by atoms with Crippen molar-refractivity contribution in [1.82, 2.24) is 15.3 Å². The first-order valence-electron chi connectivity index (χ1n) is 10.1. The maximum Gasteiger partial charge on any atom is 0.253 e. The van der Waals surface area contributed by atoms with Crippen LogP contribution in [-0.2, 0) is 11.3 Å². The molecule has 0 fully saturated rings. The van der Waals surface area contributed by atoms with E-state index >= 15 is 0 Å². The SMILES string of the molecule is CN(C(=O)CSc1ncc(-c2ccc(F)cc2)[nH]1)c1ccccc1C(=O)NCc1ccco1. The van der Waals surface area contributed by atoms with Crippen molar-refractivity contribution in [2.75, 3.05) is 17.7 Å². The molecule has 0 aliphatic rings. The van der Waals surface area contributed by atoms with Crippen LogP contribution in [0.5, 0.6) is 0 Å². The number of halogens is 1. The van der Waals surface area contributed by atoms with Crippen LogP contribution in [0.2, 0.25) is 0 Å². The maximum atomic E-state index is 13.1. The molecule has 7 nitrogen and oxygen atoms in total. The van der Waals surface area contributed by atoms with Crippen molar-refractivity contribution in [3.05, 3.63) is 90.3 Å². The topological polar surface area (TPSA) is 91.2 Å². The van der Waals surface area contributed by atoms with E-state index in [0.717, 1.165) is 11.3 Å². The van der Waals surface area contributed by atoms with E-state index in [4.69, 9.17) is 4.42 Å². The first-order valence-corrected chi connectivity index (χ1v) is 11.1. The highest BCUT2D eigenvalue weighted by Crippen LogP contribution is 2.24. The molecule has 0 radical (unpaired) electrons. The Labute approximate surface area is 194 Å². The summed E-state index contributed by atoms with van der Waals surface area (Å²) < 4.78 is 18.4. The summed E-state index contributed by atoms with van der Waals surface area (Å²) in [7, 11) is 1.63. The average molecular weight is 465 g/mol. The Kier molecular flexibility index (Phi) is 6.89. The molecule has 168 valence electrons. The third-order valence-corrected chi connectivity index (χ3v) is 5.80. The Hall–Kier alpha value is -3.85. The third kappa shape index (κ3) is 5.50. The summed E-state index contributed by atoms with van der Waals surface area (Å²) in [6.45, 7) is 0.253. The van der Waals surface area contributed by atoms with Crippen LogP contribution in [0.25, 0.3) is 11.3 Å². The number of nitrogens with zero attached hydrogens (tertiary/aromatic N) is 2. The quantitative estimate of drug-likeness (QED) is 0.375. The Bertz CT molecular complexity index is 1240. The van der Waals surface area contributed by atoms with E-state index < -0.39 is 0 Å². The summed E-state index contributed by atoms with van der Waals surface area (Å²) >= 11 is 1.25. The minimum absolute atomic E-state index is 0.120. The molecule has 0 spiro atoms. The van der Waals surface area contributed by atoms with Gasteiger partial charge in [0.1, 0.15) is 11.6 Å². The largest absolute Gasteiger partial charge is 0.467 e. The highest BCUT2D eigenvalue weighted by molar-refractivity contribution is 7.99. The molecule has 0 unspecified atom stereocenters. The Morgan fingerprint density at radius 1 is 1.12 bits per heavy atom. The molecule has 0 saturated heterocycles. The van der Waals surface area contributed by atoms with Crippen LogP contribution in [0.4, 0.5) is 10.1 Å². The molecule has 9 heteroatoms. The normalized spacial score (nSPS) is 10.7. The summed E-state index contributed by atoms with van der Waals surface area (Å²) in [4.78, 5) is 34.4. The van der Waals surface area contributed by atoms with Crippen molar-refractivity contribution >= 4 is 29.3 Å². The molecule has 2 heterocycles. The molecular formula is C24H21FN4O3S. The van der Waals surface area contributed by atoms with Gasteiger partial charge in [0.2, 0.25) is 5.91 Å². The lowest BCUT2D eigenvalue weighted by Gasteiger charge is -2.20. The number of para-hydroxylation sites is 1. The number of anilines is 1. The summed E-state index contributed by atoms with van der Waals surface area (Å²) in [5.41, 5.74) is 2.43. The molecule has 2 N–H and O–H groups in total. The first-order chi connectivity index (χ1) is 16.0. The van der Waals surface area contributed by atoms with Gasteiger partial charge in [0.05, 0.1) is 41.7 Å². The number of aromatic nitrogens is 2. The summed E-state index contributed by atoms with van der Waals surface area (Å²) in [5, 5.41) is 3.37. The van der Waals surface area contributed by atoms with Gasteiger partial charge in [-0.1, -0.05) is 23.9 Å². The fraction of sp³-hybridized carbons (Fsp3) is 0.125. The number of carbonyl (C=O) groups is 2. The molecule has 0 atom stereocenters. The Morgan fingerprint density at radius 3 is 2.67 bits per heavy atom. The van der Waals surface area contributed by atoms with E-state index in [9.17, 15) is 14.0 Å². The zero-order chi connectivity index (χ0) is 23.2. The number of hydrogen-bond donors (Lipinski definition) is 2. The number of amides is 2. The number of carbonyl (C=O) groups excluding carboxylic acids is 2. The molecule has 0 bridgehead atoms. The number of thioether (sulfide) groups is 1. The summed E-state index contributed by atoms with van der Waals surface area (Å²) in [6, 6.07) is 16.5. The molecule has 0 aliphatic carbocycles. The monoisotopic (exact) mass is 464 g/mol. The molecular weight excluding hydrogens is 443 g/mol. The van der Waals surface area contributed by atoms with Gasteiger partial charge < -0.3 is 19.6 Å². The van der Waals surface area contributed by atoms with E-state index in [0.29, 0.717) is 22.2 Å². The number of furan rings is 1. The molecule has 2 aromatic carbocycles. The van der Waals surface area contributed by atoms with Crippen molar-refractivity contribution in [3.63, 3.8) is 0 Å². The number of hydrogen-bond acceptors (Lipinski definition) is 5. The lowest BCUT2D eigenvalue weighted by atomic mass is 10.1. The smallest absolute Gasteiger partial charge is 0.253 e. The second-order valence-electron chi connectivity index (χ2n) is 7.13. The molecule has 4 aromatic rings. The molecule has 33 heavy (non-hydrogen) atoms. The van der Waals surface area contributed by atoms with E-state index in [1.54, 1.807) is 68.0 Å². The van der Waals surface area contributed by atoms with Crippen molar-refractivity contribution < 1.29 is 18.4 Å². The van der Waals surface area contributed by atoms with Crippen LogP contribution in [0.1, 0.15) is 16.1 Å². The highest BCUT2D eigenvalue weighted by Gasteiger charge is 2.19. The van der Waals surface area contributed by atoms with Crippen LogP contribution in [0.3, 0.4) is 0 Å². The molecule has 4 rings (SSSR count). The number of rotatable bonds is 8. The van der Waals surface area contributed by atoms with E-state index in [-0.39, 0.29) is 29.9 Å². The van der Waals surface area contributed by atoms with Gasteiger partial charge in [-0.2, -0.15) is 0 Å². The fourth-order valence-electron chi connectivity index (χ4n) is 3.15. The second-order valence-corrected chi connectivity index (χ2v) is 8.09. The van der Waals surface area contributed by atoms with Gasteiger partial charge in [0.25, 0.3) is 5.91 Å². The Morgan fingerprint density at radius 2 is 1.91 bits per heavy atom. The summed E-state index contributed by atoms with van der Waals surface area (Å²) in [6.07, 6.45) is 3.18. The zero-order valence-electron chi connectivity index (χ0n) is 17.7. The van der Waals surface area contributed by atoms with Crippen LogP contribution in [-0.4, -0.2) is 34.6 Å². The second kappa shape index (κ2) is 10.2. The van der Waals surface area contributed by atoms with Crippen molar-refractivity contribution in [1.29, 1.82) is 0 Å². The standard InChI is InChI=1S/C24H21FN4O3S/c1-29(21-7-3-2-6-19(21)23(31)26-13-18-5-4-12-32-18)22(30)15-33-24-27-14-20(28-24)16-8-10-17(25)11-9-16/h2-12,14H,13,15H2,1H3,(H,26,31)(H,27,28). The summed E-state index contributed by atoms with van der Waals surface area (Å²) in [5.74, 6) is -0.0401. The van der Waals surface area contributed by atoms with Gasteiger partial charge in [-0.05, 0) is 54.1 Å². The van der Waals surface area contributed by atoms with Gasteiger partial charge in [-0.3, -0.25) is 9.59 Å². The molecule has 2 amide bonds. The number of benzene rings is 2. The van der Waals surface area contributed by atoms with Gasteiger partial charge in [0.15, 0.2) is 5.16 Å². The lowest BCUT2D eigenvalue weighted by Crippen LogP contribution is -2.31. The molecule has 2 aromatic heterocycles. The fourth-order valence-corrected chi connectivity index (χ4v) is 3.91. The average Bonchev–Trinajstić information content (AvgIpc) is 3.53. The zero-order valence-corrected chi connectivity index (χ0v) is 18.6. The van der Waals surface area contributed by atoms with Crippen LogP contribution in [0, 0.1) is 5.82 Å². The van der Waals surface area contributed by atoms with Crippen molar-refractivity contribution in [2.24, 2.45) is 0 Å².